The van der Waals surface area contributed by atoms with E-state index in [9.17, 15) is 0 Å². The summed E-state index contributed by atoms with van der Waals surface area (Å²) in [6.07, 6.45) is 1.44. The average Bonchev–Trinajstić information content (AvgIpc) is 1.61. The molecule has 2 N–H and O–H groups in total. The van der Waals surface area contributed by atoms with Crippen LogP contribution in [0.4, 0.5) is 0 Å². The Morgan fingerprint density at radius 2 is 1.29 bits per heavy atom. The van der Waals surface area contributed by atoms with Gasteiger partial charge < -0.3 is 13.1 Å². The zero-order valence-electron chi connectivity index (χ0n) is 6.43. The van der Waals surface area contributed by atoms with Gasteiger partial charge in [0.1, 0.15) is 0 Å². The van der Waals surface area contributed by atoms with Crippen LogP contribution in [0.15, 0.2) is 0 Å². The molecule has 0 saturated carbocycles. The van der Waals surface area contributed by atoms with Crippen LogP contribution < -0.4 is 0 Å². The molecule has 0 rings (SSSR count). The molecule has 0 fully saturated rings. The van der Waals surface area contributed by atoms with Crippen LogP contribution in [0.3, 0.4) is 0 Å². The van der Waals surface area contributed by atoms with Gasteiger partial charge in [0.15, 0.2) is 0 Å². The van der Waals surface area contributed by atoms with Crippen LogP contribution in [-0.2, 0) is 0 Å². The molecule has 0 saturated heterocycles. The third-order valence-corrected chi connectivity index (χ3v) is 0.566. The van der Waals surface area contributed by atoms with Crippen molar-refractivity contribution in [3.8, 4) is 0 Å². The fourth-order valence-corrected chi connectivity index (χ4v) is 0.224. The smallest absolute Gasteiger partial charge is 1.00 e. The van der Waals surface area contributed by atoms with Gasteiger partial charge in [0.25, 0.3) is 0 Å². The summed E-state index contributed by atoms with van der Waals surface area (Å²) in [4.78, 5) is 0. The summed E-state index contributed by atoms with van der Waals surface area (Å²) in [7, 11) is 0. The van der Waals surface area contributed by atoms with Gasteiger partial charge in [-0.1, -0.05) is 0 Å². The van der Waals surface area contributed by atoms with Crippen LogP contribution in [0.25, 0.3) is 0 Å². The van der Waals surface area contributed by atoms with Gasteiger partial charge in [-0.05, 0) is 12.8 Å². The summed E-state index contributed by atoms with van der Waals surface area (Å²) < 4.78 is 0. The summed E-state index contributed by atoms with van der Waals surface area (Å²) in [5.41, 5.74) is 0. The summed E-state index contributed by atoms with van der Waals surface area (Å²) in [6, 6.07) is 0. The largest absolute Gasteiger partial charge is 2.00 e. The number of rotatable bonds is 3. The number of aliphatic hydroxyl groups is 2. The Hall–Kier alpha value is 1.40. The standard InChI is InChI=1S/C4H10O2.Sr.2H/c5-3-1-2-4-6;;;/h5-6H,1-4H2;;;/q;+2;2*-1. The first-order valence-corrected chi connectivity index (χ1v) is 2.13. The Labute approximate surface area is 83.8 Å². The van der Waals surface area contributed by atoms with E-state index in [0.29, 0.717) is 0 Å². The van der Waals surface area contributed by atoms with Gasteiger partial charge >= 0.3 is 45.5 Å². The second-order valence-electron chi connectivity index (χ2n) is 1.15. The minimum absolute atomic E-state index is 0. The molecule has 0 atom stereocenters. The molecule has 0 unspecified atom stereocenters. The SMILES string of the molecule is OCCCCO.[H-].[H-].[Sr+2]. The van der Waals surface area contributed by atoms with Crippen LogP contribution in [-0.4, -0.2) is 68.9 Å². The minimum atomic E-state index is 0. The fraction of sp³-hybridized carbons (Fsp3) is 1.00. The first kappa shape index (κ1) is 11.2. The van der Waals surface area contributed by atoms with Crippen LogP contribution in [0, 0.1) is 0 Å². The molecule has 0 radical (unpaired) electrons. The van der Waals surface area contributed by atoms with E-state index in [1.54, 1.807) is 0 Å². The van der Waals surface area contributed by atoms with Crippen molar-refractivity contribution in [3.05, 3.63) is 0 Å². The average molecular weight is 180 g/mol. The number of aliphatic hydroxyl groups excluding tert-OH is 2. The van der Waals surface area contributed by atoms with E-state index in [2.05, 4.69) is 0 Å². The van der Waals surface area contributed by atoms with Crippen molar-refractivity contribution in [1.82, 2.24) is 0 Å². The van der Waals surface area contributed by atoms with Crippen LogP contribution in [0.1, 0.15) is 15.7 Å². The van der Waals surface area contributed by atoms with Crippen LogP contribution in [0.2, 0.25) is 0 Å². The van der Waals surface area contributed by atoms with E-state index in [4.69, 9.17) is 10.2 Å². The zero-order chi connectivity index (χ0) is 4.83. The molecule has 3 heteroatoms. The minimum Gasteiger partial charge on any atom is -1.00 e. The van der Waals surface area contributed by atoms with E-state index in [1.807, 2.05) is 0 Å². The summed E-state index contributed by atoms with van der Waals surface area (Å²) in [5, 5.41) is 16.2. The zero-order valence-corrected chi connectivity index (χ0v) is 7.91. The molecule has 42 valence electrons. The molecule has 0 aliphatic carbocycles. The Morgan fingerprint density at radius 1 is 1.00 bits per heavy atom. The second kappa shape index (κ2) is 10.4. The van der Waals surface area contributed by atoms with Gasteiger partial charge in [0, 0.05) is 13.2 Å². The molecule has 0 amide bonds. The van der Waals surface area contributed by atoms with Crippen molar-refractivity contribution in [2.45, 2.75) is 12.8 Å². The first-order chi connectivity index (χ1) is 2.91. The van der Waals surface area contributed by atoms with Crippen molar-refractivity contribution in [2.24, 2.45) is 0 Å². The quantitative estimate of drug-likeness (QED) is 0.457. The maximum absolute atomic E-state index is 8.09. The Balaban J connectivity index is -0.0000000417. The molecule has 7 heavy (non-hydrogen) atoms. The van der Waals surface area contributed by atoms with Gasteiger partial charge in [0.2, 0.25) is 0 Å². The van der Waals surface area contributed by atoms with Gasteiger partial charge in [-0.3, -0.25) is 0 Å². The van der Waals surface area contributed by atoms with E-state index >= 15 is 0 Å². The Morgan fingerprint density at radius 3 is 1.43 bits per heavy atom. The normalized spacial score (nSPS) is 7.71. The van der Waals surface area contributed by atoms with E-state index in [1.165, 1.54) is 0 Å². The summed E-state index contributed by atoms with van der Waals surface area (Å²) in [6.45, 7) is 0.390. The van der Waals surface area contributed by atoms with E-state index in [-0.39, 0.29) is 61.5 Å². The molecule has 0 heterocycles. The third kappa shape index (κ3) is 11.1. The third-order valence-electron chi connectivity index (χ3n) is 0.566. The molecule has 0 bridgehead atoms. The van der Waals surface area contributed by atoms with Crippen LogP contribution in [0.5, 0.6) is 0 Å². The Bertz CT molecular complexity index is 28.5. The van der Waals surface area contributed by atoms with Gasteiger partial charge in [0.05, 0.1) is 0 Å². The maximum Gasteiger partial charge on any atom is 2.00 e. The molecule has 0 aromatic carbocycles. The number of hydrogen-bond donors (Lipinski definition) is 2. The maximum atomic E-state index is 8.09. The summed E-state index contributed by atoms with van der Waals surface area (Å²) in [5.74, 6) is 0. The molecule has 2 nitrogen and oxygen atoms in total. The van der Waals surface area contributed by atoms with Gasteiger partial charge in [-0.15, -0.1) is 0 Å². The molecular weight excluding hydrogens is 168 g/mol. The monoisotopic (exact) mass is 180 g/mol. The van der Waals surface area contributed by atoms with Gasteiger partial charge in [-0.25, -0.2) is 0 Å². The van der Waals surface area contributed by atoms with Crippen molar-refractivity contribution in [2.75, 3.05) is 13.2 Å². The van der Waals surface area contributed by atoms with Crippen molar-refractivity contribution < 1.29 is 13.1 Å². The fourth-order valence-electron chi connectivity index (χ4n) is 0.224. The number of unbranched alkanes of at least 4 members (excludes halogenated alkanes) is 1. The molecule has 0 aromatic heterocycles. The predicted molar refractivity (Wildman–Crippen MR) is 31.4 cm³/mol. The summed E-state index contributed by atoms with van der Waals surface area (Å²) >= 11 is 0. The van der Waals surface area contributed by atoms with Crippen molar-refractivity contribution in [1.29, 1.82) is 0 Å². The van der Waals surface area contributed by atoms with Crippen molar-refractivity contribution >= 4 is 45.5 Å². The predicted octanol–water partition coefficient (Wildman–Crippen LogP) is -0.405. The van der Waals surface area contributed by atoms with Crippen molar-refractivity contribution in [3.63, 3.8) is 0 Å². The topological polar surface area (TPSA) is 40.5 Å². The molecule has 0 spiro atoms. The van der Waals surface area contributed by atoms with E-state index < -0.39 is 0 Å². The van der Waals surface area contributed by atoms with Gasteiger partial charge in [-0.2, -0.15) is 0 Å². The molecule has 0 aliphatic heterocycles. The molecule has 0 aliphatic rings. The molecule has 0 aromatic rings. The van der Waals surface area contributed by atoms with E-state index in [0.717, 1.165) is 12.8 Å². The number of hydrogen-bond acceptors (Lipinski definition) is 2. The molecular formula is C4H12O2Sr. The Kier molecular flexibility index (Phi) is 16.7. The first-order valence-electron chi connectivity index (χ1n) is 2.13. The second-order valence-corrected chi connectivity index (χ2v) is 1.15. The van der Waals surface area contributed by atoms with Crippen LogP contribution >= 0.6 is 0 Å².